The first-order chi connectivity index (χ1) is 11.6. The van der Waals surface area contributed by atoms with Crippen LogP contribution >= 0.6 is 0 Å². The SMILES string of the molecule is O=C(Nc1ccc([C@@H]2C[C@H]2C(=O)O)cc1)c1noc2c1CCCC2. The molecule has 1 saturated carbocycles. The molecule has 2 atom stereocenters. The van der Waals surface area contributed by atoms with Gasteiger partial charge in [-0.05, 0) is 49.3 Å². The molecule has 2 N–H and O–H groups in total. The van der Waals surface area contributed by atoms with Crippen molar-refractivity contribution >= 4 is 17.6 Å². The number of aromatic nitrogens is 1. The Bertz CT molecular complexity index is 794. The number of aryl methyl sites for hydroxylation is 1. The van der Waals surface area contributed by atoms with Gasteiger partial charge >= 0.3 is 5.97 Å². The third kappa shape index (κ3) is 2.68. The Labute approximate surface area is 138 Å². The zero-order chi connectivity index (χ0) is 16.7. The highest BCUT2D eigenvalue weighted by Gasteiger charge is 2.44. The third-order valence-corrected chi connectivity index (χ3v) is 4.87. The van der Waals surface area contributed by atoms with E-state index in [9.17, 15) is 9.59 Å². The van der Waals surface area contributed by atoms with Crippen LogP contribution in [0.4, 0.5) is 5.69 Å². The number of nitrogens with one attached hydrogen (secondary N) is 1. The first-order valence-electron chi connectivity index (χ1n) is 8.25. The topological polar surface area (TPSA) is 92.4 Å². The van der Waals surface area contributed by atoms with Crippen LogP contribution in [0.25, 0.3) is 0 Å². The number of carbonyl (C=O) groups excluding carboxylic acids is 1. The zero-order valence-corrected chi connectivity index (χ0v) is 13.1. The molecule has 4 rings (SSSR count). The molecule has 1 aromatic carbocycles. The van der Waals surface area contributed by atoms with Gasteiger partial charge in [-0.3, -0.25) is 9.59 Å². The van der Waals surface area contributed by atoms with Crippen molar-refractivity contribution in [2.24, 2.45) is 5.92 Å². The minimum Gasteiger partial charge on any atom is -0.481 e. The Kier molecular flexibility index (Phi) is 3.59. The number of nitrogens with zero attached hydrogens (tertiary/aromatic N) is 1. The quantitative estimate of drug-likeness (QED) is 0.901. The van der Waals surface area contributed by atoms with Gasteiger partial charge in [-0.25, -0.2) is 0 Å². The van der Waals surface area contributed by atoms with E-state index in [1.54, 1.807) is 12.1 Å². The summed E-state index contributed by atoms with van der Waals surface area (Å²) >= 11 is 0. The molecule has 6 nitrogen and oxygen atoms in total. The summed E-state index contributed by atoms with van der Waals surface area (Å²) in [5, 5.41) is 15.8. The zero-order valence-electron chi connectivity index (χ0n) is 13.1. The number of rotatable bonds is 4. The van der Waals surface area contributed by atoms with E-state index in [0.717, 1.165) is 42.6 Å². The van der Waals surface area contributed by atoms with Crippen LogP contribution in [0.2, 0.25) is 0 Å². The Hall–Kier alpha value is -2.63. The average Bonchev–Trinajstić information content (AvgIpc) is 3.28. The number of carboxylic acid groups (broad SMARTS) is 1. The minimum absolute atomic E-state index is 0.0924. The second-order valence-electron chi connectivity index (χ2n) is 6.50. The summed E-state index contributed by atoms with van der Waals surface area (Å²) in [6.45, 7) is 0. The fourth-order valence-electron chi connectivity index (χ4n) is 3.40. The summed E-state index contributed by atoms with van der Waals surface area (Å²) in [7, 11) is 0. The van der Waals surface area contributed by atoms with Crippen molar-refractivity contribution in [3.63, 3.8) is 0 Å². The molecule has 0 aliphatic heterocycles. The van der Waals surface area contributed by atoms with Gasteiger partial charge in [0.2, 0.25) is 0 Å². The fraction of sp³-hybridized carbons (Fsp3) is 0.389. The van der Waals surface area contributed by atoms with E-state index in [2.05, 4.69) is 10.5 Å². The second kappa shape index (κ2) is 5.78. The van der Waals surface area contributed by atoms with Crippen LogP contribution < -0.4 is 5.32 Å². The number of hydrogen-bond acceptors (Lipinski definition) is 4. The van der Waals surface area contributed by atoms with Crippen LogP contribution in [0.3, 0.4) is 0 Å². The molecule has 0 bridgehead atoms. The molecule has 6 heteroatoms. The number of amides is 1. The van der Waals surface area contributed by atoms with Gasteiger partial charge in [0, 0.05) is 17.7 Å². The van der Waals surface area contributed by atoms with Gasteiger partial charge in [0.05, 0.1) is 5.92 Å². The maximum atomic E-state index is 12.4. The fourth-order valence-corrected chi connectivity index (χ4v) is 3.40. The maximum absolute atomic E-state index is 12.4. The molecule has 2 aliphatic rings. The van der Waals surface area contributed by atoms with Gasteiger partial charge < -0.3 is 14.9 Å². The van der Waals surface area contributed by atoms with Crippen molar-refractivity contribution in [3.8, 4) is 0 Å². The Morgan fingerprint density at radius 1 is 1.17 bits per heavy atom. The first kappa shape index (κ1) is 14.9. The Morgan fingerprint density at radius 2 is 1.92 bits per heavy atom. The molecule has 2 aromatic rings. The molecule has 1 heterocycles. The van der Waals surface area contributed by atoms with E-state index < -0.39 is 5.97 Å². The highest BCUT2D eigenvalue weighted by Crippen LogP contribution is 2.47. The third-order valence-electron chi connectivity index (χ3n) is 4.87. The summed E-state index contributed by atoms with van der Waals surface area (Å²) < 4.78 is 5.27. The molecule has 1 aromatic heterocycles. The lowest BCUT2D eigenvalue weighted by Gasteiger charge is -2.09. The largest absolute Gasteiger partial charge is 0.481 e. The van der Waals surface area contributed by atoms with Gasteiger partial charge in [-0.15, -0.1) is 0 Å². The highest BCUT2D eigenvalue weighted by atomic mass is 16.5. The summed E-state index contributed by atoms with van der Waals surface area (Å²) in [4.78, 5) is 23.3. The molecule has 24 heavy (non-hydrogen) atoms. The molecule has 1 amide bonds. The summed E-state index contributed by atoms with van der Waals surface area (Å²) in [5.41, 5.74) is 2.97. The Morgan fingerprint density at radius 3 is 2.62 bits per heavy atom. The number of anilines is 1. The number of carbonyl (C=O) groups is 2. The molecule has 1 fully saturated rings. The van der Waals surface area contributed by atoms with Crippen molar-refractivity contribution in [1.29, 1.82) is 0 Å². The van der Waals surface area contributed by atoms with Crippen molar-refractivity contribution in [2.45, 2.75) is 38.0 Å². The van der Waals surface area contributed by atoms with Gasteiger partial charge in [0.15, 0.2) is 5.69 Å². The monoisotopic (exact) mass is 326 g/mol. The number of aliphatic carboxylic acids is 1. The van der Waals surface area contributed by atoms with Crippen molar-refractivity contribution in [2.75, 3.05) is 5.32 Å². The number of hydrogen-bond donors (Lipinski definition) is 2. The van der Waals surface area contributed by atoms with Crippen LogP contribution in [0.1, 0.15) is 52.6 Å². The van der Waals surface area contributed by atoms with Crippen LogP contribution in [-0.4, -0.2) is 22.1 Å². The molecular weight excluding hydrogens is 308 g/mol. The van der Waals surface area contributed by atoms with E-state index in [4.69, 9.17) is 9.63 Å². The van der Waals surface area contributed by atoms with E-state index in [1.807, 2.05) is 12.1 Å². The second-order valence-corrected chi connectivity index (χ2v) is 6.50. The molecule has 0 unspecified atom stereocenters. The standard InChI is InChI=1S/C18H18N2O4/c21-17(16-12-3-1-2-4-15(12)24-20-16)19-11-7-5-10(6-8-11)13-9-14(13)18(22)23/h5-8,13-14H,1-4,9H2,(H,19,21)(H,22,23)/t13-,14+/m0/s1. The lowest BCUT2D eigenvalue weighted by Crippen LogP contribution is -2.15. The highest BCUT2D eigenvalue weighted by molar-refractivity contribution is 6.04. The predicted octanol–water partition coefficient (Wildman–Crippen LogP) is 2.99. The molecule has 0 spiro atoms. The van der Waals surface area contributed by atoms with Crippen molar-refractivity contribution in [1.82, 2.24) is 5.16 Å². The molecule has 124 valence electrons. The predicted molar refractivity (Wildman–Crippen MR) is 86.0 cm³/mol. The van der Waals surface area contributed by atoms with E-state index in [-0.39, 0.29) is 17.7 Å². The Balaban J connectivity index is 1.45. The summed E-state index contributed by atoms with van der Waals surface area (Å²) in [6, 6.07) is 7.36. The number of carboxylic acids is 1. The smallest absolute Gasteiger partial charge is 0.307 e. The van der Waals surface area contributed by atoms with E-state index in [0.29, 0.717) is 17.8 Å². The molecule has 2 aliphatic carbocycles. The van der Waals surface area contributed by atoms with Gasteiger partial charge in [0.1, 0.15) is 5.76 Å². The van der Waals surface area contributed by atoms with Gasteiger partial charge in [-0.2, -0.15) is 0 Å². The average molecular weight is 326 g/mol. The van der Waals surface area contributed by atoms with Crippen LogP contribution in [0, 0.1) is 5.92 Å². The summed E-state index contributed by atoms with van der Waals surface area (Å²) in [6.07, 6.45) is 4.49. The van der Waals surface area contributed by atoms with Crippen molar-refractivity contribution in [3.05, 3.63) is 46.8 Å². The van der Waals surface area contributed by atoms with Gasteiger partial charge in [-0.1, -0.05) is 17.3 Å². The maximum Gasteiger partial charge on any atom is 0.307 e. The van der Waals surface area contributed by atoms with Crippen LogP contribution in [0.5, 0.6) is 0 Å². The lowest BCUT2D eigenvalue weighted by molar-refractivity contribution is -0.138. The molecular formula is C18H18N2O4. The van der Waals surface area contributed by atoms with Crippen LogP contribution in [0.15, 0.2) is 28.8 Å². The number of benzene rings is 1. The first-order valence-corrected chi connectivity index (χ1v) is 8.25. The molecule has 0 saturated heterocycles. The lowest BCUT2D eigenvalue weighted by atomic mass is 9.96. The van der Waals surface area contributed by atoms with Crippen molar-refractivity contribution < 1.29 is 19.2 Å². The van der Waals surface area contributed by atoms with E-state index >= 15 is 0 Å². The van der Waals surface area contributed by atoms with Gasteiger partial charge in [0.25, 0.3) is 5.91 Å². The number of fused-ring (bicyclic) bond motifs is 1. The minimum atomic E-state index is -0.742. The normalized spacial score (nSPS) is 21.8. The summed E-state index contributed by atoms with van der Waals surface area (Å²) in [5.74, 6) is -0.352. The molecule has 0 radical (unpaired) electrons. The van der Waals surface area contributed by atoms with E-state index in [1.165, 1.54) is 0 Å². The van der Waals surface area contributed by atoms with Crippen LogP contribution in [-0.2, 0) is 17.6 Å².